The van der Waals surface area contributed by atoms with Crippen LogP contribution in [0.3, 0.4) is 0 Å². The zero-order chi connectivity index (χ0) is 15.7. The number of alkyl halides is 1. The first-order chi connectivity index (χ1) is 9.82. The lowest BCUT2D eigenvalue weighted by atomic mass is 10.0. The van der Waals surface area contributed by atoms with Gasteiger partial charge in [-0.2, -0.15) is 0 Å². The van der Waals surface area contributed by atoms with E-state index in [1.165, 1.54) is 6.92 Å². The van der Waals surface area contributed by atoms with Gasteiger partial charge in [-0.15, -0.1) is 9.24 Å². The molecule has 0 amide bonds. The molecule has 0 aliphatic rings. The van der Waals surface area contributed by atoms with Gasteiger partial charge in [-0.3, -0.25) is 9.78 Å². The standard InChI is InChI=1S/C15H17FN2OP2/c1-7-4-5-10(15(16)21)12(14(7)20)11-6-17-8(2)13(18-11)9(3)19/h4-6,15H,20-21H2,1-3H3. The van der Waals surface area contributed by atoms with Gasteiger partial charge in [-0.05, 0) is 30.3 Å². The van der Waals surface area contributed by atoms with Crippen LogP contribution in [0.4, 0.5) is 4.39 Å². The molecule has 110 valence electrons. The van der Waals surface area contributed by atoms with Crippen LogP contribution >= 0.6 is 18.5 Å². The van der Waals surface area contributed by atoms with E-state index >= 15 is 0 Å². The van der Waals surface area contributed by atoms with Gasteiger partial charge in [0.2, 0.25) is 0 Å². The van der Waals surface area contributed by atoms with E-state index in [1.807, 2.05) is 13.0 Å². The first-order valence-corrected chi connectivity index (χ1v) is 7.71. The van der Waals surface area contributed by atoms with Crippen LogP contribution in [0, 0.1) is 13.8 Å². The summed E-state index contributed by atoms with van der Waals surface area (Å²) in [4.78, 5) is 20.2. The third-order valence-corrected chi connectivity index (χ3v) is 4.44. The Labute approximate surface area is 128 Å². The summed E-state index contributed by atoms with van der Waals surface area (Å²) < 4.78 is 13.9. The molecule has 3 unspecified atom stereocenters. The fourth-order valence-corrected chi connectivity index (χ4v) is 2.85. The minimum atomic E-state index is -1.20. The quantitative estimate of drug-likeness (QED) is 0.643. The maximum atomic E-state index is 13.9. The Morgan fingerprint density at radius 2 is 2.00 bits per heavy atom. The van der Waals surface area contributed by atoms with Crippen LogP contribution in [-0.4, -0.2) is 15.8 Å². The van der Waals surface area contributed by atoms with Crippen LogP contribution in [0.15, 0.2) is 18.3 Å². The number of rotatable bonds is 3. The molecule has 1 aromatic carbocycles. The molecular weight excluding hydrogens is 305 g/mol. The van der Waals surface area contributed by atoms with Gasteiger partial charge in [0.05, 0.1) is 17.6 Å². The number of ketones is 1. The highest BCUT2D eigenvalue weighted by atomic mass is 31.0. The summed E-state index contributed by atoms with van der Waals surface area (Å²) >= 11 is 0. The minimum Gasteiger partial charge on any atom is -0.293 e. The molecule has 0 bridgehead atoms. The van der Waals surface area contributed by atoms with E-state index in [-0.39, 0.29) is 5.78 Å². The predicted octanol–water partition coefficient (Wildman–Crippen LogP) is 3.31. The lowest BCUT2D eigenvalue weighted by molar-refractivity contribution is 0.101. The van der Waals surface area contributed by atoms with Crippen molar-refractivity contribution in [2.45, 2.75) is 26.7 Å². The lowest BCUT2D eigenvalue weighted by Crippen LogP contribution is -2.10. The molecule has 0 radical (unpaired) electrons. The van der Waals surface area contributed by atoms with Gasteiger partial charge in [-0.25, -0.2) is 9.37 Å². The molecule has 1 heterocycles. The number of hydrogen-bond donors (Lipinski definition) is 0. The van der Waals surface area contributed by atoms with Crippen molar-refractivity contribution >= 4 is 29.6 Å². The number of carbonyl (C=O) groups is 1. The van der Waals surface area contributed by atoms with E-state index in [0.29, 0.717) is 28.2 Å². The van der Waals surface area contributed by atoms with Gasteiger partial charge in [0, 0.05) is 12.5 Å². The van der Waals surface area contributed by atoms with E-state index in [9.17, 15) is 9.18 Å². The number of carbonyl (C=O) groups excluding carboxylic acids is 1. The average Bonchev–Trinajstić information content (AvgIpc) is 2.42. The van der Waals surface area contributed by atoms with Crippen molar-refractivity contribution in [3.05, 3.63) is 40.8 Å². The molecule has 3 atom stereocenters. The van der Waals surface area contributed by atoms with E-state index < -0.39 is 5.91 Å². The van der Waals surface area contributed by atoms with E-state index in [4.69, 9.17) is 0 Å². The van der Waals surface area contributed by atoms with E-state index in [2.05, 4.69) is 28.4 Å². The van der Waals surface area contributed by atoms with Gasteiger partial charge in [0.25, 0.3) is 0 Å². The Hall–Kier alpha value is -1.24. The summed E-state index contributed by atoms with van der Waals surface area (Å²) in [6, 6.07) is 3.61. The highest BCUT2D eigenvalue weighted by Gasteiger charge is 2.18. The van der Waals surface area contributed by atoms with Gasteiger partial charge in [0.1, 0.15) is 11.6 Å². The molecule has 21 heavy (non-hydrogen) atoms. The summed E-state index contributed by atoms with van der Waals surface area (Å²) in [6.45, 7) is 5.13. The average molecular weight is 322 g/mol. The molecule has 6 heteroatoms. The molecular formula is C15H17FN2OP2. The smallest absolute Gasteiger partial charge is 0.179 e. The van der Waals surface area contributed by atoms with Gasteiger partial charge in [0.15, 0.2) is 5.78 Å². The first-order valence-electron chi connectivity index (χ1n) is 6.46. The molecule has 0 fully saturated rings. The molecule has 0 aliphatic heterocycles. The normalized spacial score (nSPS) is 12.3. The molecule has 1 aromatic heterocycles. The molecule has 0 saturated heterocycles. The van der Waals surface area contributed by atoms with Gasteiger partial charge in [-0.1, -0.05) is 21.4 Å². The second kappa shape index (κ2) is 6.25. The van der Waals surface area contributed by atoms with Crippen LogP contribution < -0.4 is 5.30 Å². The number of benzene rings is 1. The lowest BCUT2D eigenvalue weighted by Gasteiger charge is -2.15. The fourth-order valence-electron chi connectivity index (χ4n) is 2.16. The highest BCUT2D eigenvalue weighted by Crippen LogP contribution is 2.33. The number of aryl methyl sites for hydroxylation is 2. The monoisotopic (exact) mass is 322 g/mol. The molecule has 3 nitrogen and oxygen atoms in total. The van der Waals surface area contributed by atoms with Crippen molar-refractivity contribution in [1.82, 2.24) is 9.97 Å². The Balaban J connectivity index is 2.75. The second-order valence-electron chi connectivity index (χ2n) is 4.91. The minimum absolute atomic E-state index is 0.149. The summed E-state index contributed by atoms with van der Waals surface area (Å²) in [6.07, 6.45) is 1.58. The number of Topliss-reactive ketones (excluding diaryl/α,β-unsaturated/α-hetero) is 1. The molecule has 2 aromatic rings. The maximum absolute atomic E-state index is 13.9. The third kappa shape index (κ3) is 3.17. The molecule has 0 saturated carbocycles. The van der Waals surface area contributed by atoms with Crippen molar-refractivity contribution in [3.63, 3.8) is 0 Å². The van der Waals surface area contributed by atoms with Gasteiger partial charge >= 0.3 is 0 Å². The Morgan fingerprint density at radius 1 is 1.33 bits per heavy atom. The maximum Gasteiger partial charge on any atom is 0.179 e. The van der Waals surface area contributed by atoms with Crippen molar-refractivity contribution < 1.29 is 9.18 Å². The summed E-state index contributed by atoms with van der Waals surface area (Å²) in [5, 5.41) is 0.866. The fraction of sp³-hybridized carbons (Fsp3) is 0.267. The Morgan fingerprint density at radius 3 is 2.57 bits per heavy atom. The molecule has 0 N–H and O–H groups in total. The van der Waals surface area contributed by atoms with Crippen LogP contribution in [0.2, 0.25) is 0 Å². The van der Waals surface area contributed by atoms with Crippen LogP contribution in [0.25, 0.3) is 11.3 Å². The van der Waals surface area contributed by atoms with Crippen molar-refractivity contribution in [2.24, 2.45) is 0 Å². The van der Waals surface area contributed by atoms with Crippen molar-refractivity contribution in [2.75, 3.05) is 0 Å². The van der Waals surface area contributed by atoms with E-state index in [0.717, 1.165) is 10.9 Å². The largest absolute Gasteiger partial charge is 0.293 e. The SMILES string of the molecule is CC(=O)c1nc(-c2c(C(F)P)ccc(C)c2P)cnc1C. The summed E-state index contributed by atoms with van der Waals surface area (Å²) in [7, 11) is 4.76. The van der Waals surface area contributed by atoms with Crippen molar-refractivity contribution in [3.8, 4) is 11.3 Å². The zero-order valence-corrected chi connectivity index (χ0v) is 14.5. The topological polar surface area (TPSA) is 42.9 Å². The van der Waals surface area contributed by atoms with Crippen LogP contribution in [-0.2, 0) is 0 Å². The molecule has 0 aliphatic carbocycles. The van der Waals surface area contributed by atoms with Crippen LogP contribution in [0.1, 0.15) is 40.1 Å². The number of nitrogens with zero attached hydrogens (tertiary/aromatic N) is 2. The summed E-state index contributed by atoms with van der Waals surface area (Å²) in [5.41, 5.74) is 3.62. The Bertz CT molecular complexity index is 717. The first kappa shape index (κ1) is 16.1. The molecule has 2 rings (SSSR count). The van der Waals surface area contributed by atoms with Crippen molar-refractivity contribution in [1.29, 1.82) is 0 Å². The number of halogens is 1. The summed E-state index contributed by atoms with van der Waals surface area (Å²) in [5.74, 6) is -1.35. The van der Waals surface area contributed by atoms with Gasteiger partial charge < -0.3 is 0 Å². The third-order valence-electron chi connectivity index (χ3n) is 3.34. The Kier molecular flexibility index (Phi) is 4.81. The highest BCUT2D eigenvalue weighted by molar-refractivity contribution is 7.28. The zero-order valence-electron chi connectivity index (χ0n) is 12.1. The van der Waals surface area contributed by atoms with Crippen LogP contribution in [0.5, 0.6) is 0 Å². The molecule has 0 spiro atoms. The predicted molar refractivity (Wildman–Crippen MR) is 89.8 cm³/mol. The van der Waals surface area contributed by atoms with E-state index in [1.54, 1.807) is 19.2 Å². The second-order valence-corrected chi connectivity index (χ2v) is 6.07. The number of hydrogen-bond acceptors (Lipinski definition) is 3. The number of aromatic nitrogens is 2.